The predicted molar refractivity (Wildman–Crippen MR) is 80.1 cm³/mol. The van der Waals surface area contributed by atoms with Gasteiger partial charge in [-0.2, -0.15) is 5.10 Å². The molecular weight excluding hydrogens is 270 g/mol. The maximum absolute atomic E-state index is 12.4. The lowest BCUT2D eigenvalue weighted by molar-refractivity contribution is -0.121. The Balaban J connectivity index is 2.01. The number of amides is 3. The predicted octanol–water partition coefficient (Wildman–Crippen LogP) is 1.36. The van der Waals surface area contributed by atoms with Crippen molar-refractivity contribution in [2.75, 3.05) is 32.5 Å². The Morgan fingerprint density at radius 2 is 2.10 bits per heavy atom. The SMILES string of the molecule is Cc1n[nH]c(C)c1NC(=O)C1CCCN(C(=O)N(C)C)C1. The summed E-state index contributed by atoms with van der Waals surface area (Å²) in [6.45, 7) is 4.91. The summed E-state index contributed by atoms with van der Waals surface area (Å²) < 4.78 is 0. The zero-order valence-corrected chi connectivity index (χ0v) is 13.1. The van der Waals surface area contributed by atoms with Crippen LogP contribution in [0.3, 0.4) is 0 Å². The molecule has 2 rings (SSSR count). The van der Waals surface area contributed by atoms with Crippen molar-refractivity contribution >= 4 is 17.6 Å². The first-order chi connectivity index (χ1) is 9.90. The zero-order chi connectivity index (χ0) is 15.6. The van der Waals surface area contributed by atoms with E-state index in [9.17, 15) is 9.59 Å². The van der Waals surface area contributed by atoms with Crippen molar-refractivity contribution in [3.63, 3.8) is 0 Å². The van der Waals surface area contributed by atoms with Crippen LogP contribution in [0.25, 0.3) is 0 Å². The van der Waals surface area contributed by atoms with Gasteiger partial charge in [0.05, 0.1) is 23.0 Å². The lowest BCUT2D eigenvalue weighted by Gasteiger charge is -2.33. The molecule has 1 aromatic rings. The molecule has 1 aliphatic heterocycles. The average molecular weight is 293 g/mol. The van der Waals surface area contributed by atoms with Gasteiger partial charge in [0.1, 0.15) is 0 Å². The van der Waals surface area contributed by atoms with Gasteiger partial charge in [-0.15, -0.1) is 0 Å². The molecule has 0 saturated carbocycles. The number of urea groups is 1. The molecule has 1 fully saturated rings. The van der Waals surface area contributed by atoms with Gasteiger partial charge in [0.2, 0.25) is 5.91 Å². The first kappa shape index (κ1) is 15.3. The van der Waals surface area contributed by atoms with Gasteiger partial charge in [0, 0.05) is 27.2 Å². The van der Waals surface area contributed by atoms with Gasteiger partial charge in [-0.1, -0.05) is 0 Å². The molecule has 1 aromatic heterocycles. The number of H-pyrrole nitrogens is 1. The molecule has 1 aliphatic rings. The van der Waals surface area contributed by atoms with E-state index >= 15 is 0 Å². The number of anilines is 1. The molecule has 0 aromatic carbocycles. The van der Waals surface area contributed by atoms with Crippen molar-refractivity contribution in [3.05, 3.63) is 11.4 Å². The highest BCUT2D eigenvalue weighted by Gasteiger charge is 2.29. The number of aromatic nitrogens is 2. The molecule has 1 saturated heterocycles. The molecule has 1 unspecified atom stereocenters. The Morgan fingerprint density at radius 3 is 2.67 bits per heavy atom. The van der Waals surface area contributed by atoms with Crippen LogP contribution < -0.4 is 5.32 Å². The summed E-state index contributed by atoms with van der Waals surface area (Å²) in [5.41, 5.74) is 2.37. The van der Waals surface area contributed by atoms with Crippen LogP contribution in [0.2, 0.25) is 0 Å². The van der Waals surface area contributed by atoms with E-state index in [-0.39, 0.29) is 17.9 Å². The van der Waals surface area contributed by atoms with Gasteiger partial charge in [0.15, 0.2) is 0 Å². The zero-order valence-electron chi connectivity index (χ0n) is 13.1. The summed E-state index contributed by atoms with van der Waals surface area (Å²) in [6.07, 6.45) is 1.65. The number of carbonyl (C=O) groups excluding carboxylic acids is 2. The van der Waals surface area contributed by atoms with E-state index in [1.54, 1.807) is 23.9 Å². The van der Waals surface area contributed by atoms with E-state index in [1.165, 1.54) is 0 Å². The van der Waals surface area contributed by atoms with Crippen LogP contribution in [0.4, 0.5) is 10.5 Å². The number of nitrogens with zero attached hydrogens (tertiary/aromatic N) is 3. The van der Waals surface area contributed by atoms with Gasteiger partial charge < -0.3 is 15.1 Å². The molecule has 7 heteroatoms. The second kappa shape index (κ2) is 6.15. The van der Waals surface area contributed by atoms with Gasteiger partial charge >= 0.3 is 6.03 Å². The summed E-state index contributed by atoms with van der Waals surface area (Å²) >= 11 is 0. The third kappa shape index (κ3) is 3.34. The van der Waals surface area contributed by atoms with Crippen LogP contribution in [0.1, 0.15) is 24.2 Å². The van der Waals surface area contributed by atoms with Gasteiger partial charge in [-0.25, -0.2) is 4.79 Å². The largest absolute Gasteiger partial charge is 0.331 e. The summed E-state index contributed by atoms with van der Waals surface area (Å²) in [5.74, 6) is -0.213. The monoisotopic (exact) mass is 293 g/mol. The molecule has 0 radical (unpaired) electrons. The maximum atomic E-state index is 12.4. The molecule has 2 N–H and O–H groups in total. The highest BCUT2D eigenvalue weighted by Crippen LogP contribution is 2.22. The molecule has 7 nitrogen and oxygen atoms in total. The normalized spacial score (nSPS) is 18.5. The number of rotatable bonds is 2. The molecular formula is C14H23N5O2. The molecule has 116 valence electrons. The Morgan fingerprint density at radius 1 is 1.38 bits per heavy atom. The van der Waals surface area contributed by atoms with Crippen LogP contribution in [-0.2, 0) is 4.79 Å². The standard InChI is InChI=1S/C14H23N5O2/c1-9-12(10(2)17-16-9)15-13(20)11-6-5-7-19(8-11)14(21)18(3)4/h11H,5-8H2,1-4H3,(H,15,20)(H,16,17). The van der Waals surface area contributed by atoms with Crippen LogP contribution in [-0.4, -0.2) is 59.1 Å². The van der Waals surface area contributed by atoms with Crippen LogP contribution >= 0.6 is 0 Å². The molecule has 0 bridgehead atoms. The van der Waals surface area contributed by atoms with E-state index in [0.29, 0.717) is 13.1 Å². The first-order valence-corrected chi connectivity index (χ1v) is 7.18. The third-order valence-electron chi connectivity index (χ3n) is 3.82. The third-order valence-corrected chi connectivity index (χ3v) is 3.82. The van der Waals surface area contributed by atoms with Crippen molar-refractivity contribution in [1.82, 2.24) is 20.0 Å². The Labute approximate surface area is 124 Å². The highest BCUT2D eigenvalue weighted by atomic mass is 16.2. The number of hydrogen-bond acceptors (Lipinski definition) is 3. The number of aromatic amines is 1. The Bertz CT molecular complexity index is 518. The van der Waals surface area contributed by atoms with Crippen molar-refractivity contribution < 1.29 is 9.59 Å². The van der Waals surface area contributed by atoms with E-state index < -0.39 is 0 Å². The van der Waals surface area contributed by atoms with Crippen LogP contribution in [0, 0.1) is 19.8 Å². The van der Waals surface area contributed by atoms with E-state index in [2.05, 4.69) is 15.5 Å². The van der Waals surface area contributed by atoms with E-state index in [1.807, 2.05) is 13.8 Å². The number of carbonyl (C=O) groups is 2. The average Bonchev–Trinajstić information content (AvgIpc) is 2.78. The molecule has 1 atom stereocenters. The molecule has 3 amide bonds. The Kier molecular flexibility index (Phi) is 4.50. The van der Waals surface area contributed by atoms with E-state index in [4.69, 9.17) is 0 Å². The summed E-state index contributed by atoms with van der Waals surface area (Å²) in [7, 11) is 3.45. The fourth-order valence-electron chi connectivity index (χ4n) is 2.61. The van der Waals surface area contributed by atoms with Crippen molar-refractivity contribution in [1.29, 1.82) is 0 Å². The van der Waals surface area contributed by atoms with Crippen molar-refractivity contribution in [2.45, 2.75) is 26.7 Å². The molecule has 2 heterocycles. The Hall–Kier alpha value is -2.05. The van der Waals surface area contributed by atoms with Crippen LogP contribution in [0.5, 0.6) is 0 Å². The smallest absolute Gasteiger partial charge is 0.319 e. The highest BCUT2D eigenvalue weighted by molar-refractivity contribution is 5.94. The van der Waals surface area contributed by atoms with Gasteiger partial charge in [-0.3, -0.25) is 9.89 Å². The number of nitrogens with one attached hydrogen (secondary N) is 2. The number of aryl methyl sites for hydroxylation is 2. The van der Waals surface area contributed by atoms with Crippen molar-refractivity contribution in [2.24, 2.45) is 5.92 Å². The van der Waals surface area contributed by atoms with Crippen molar-refractivity contribution in [3.8, 4) is 0 Å². The minimum absolute atomic E-state index is 0.0387. The first-order valence-electron chi connectivity index (χ1n) is 7.18. The quantitative estimate of drug-likeness (QED) is 0.864. The molecule has 0 spiro atoms. The second-order valence-corrected chi connectivity index (χ2v) is 5.76. The summed E-state index contributed by atoms with van der Waals surface area (Å²) in [5, 5.41) is 9.85. The minimum atomic E-state index is -0.170. The molecule has 0 aliphatic carbocycles. The lowest BCUT2D eigenvalue weighted by Crippen LogP contribution is -2.47. The van der Waals surface area contributed by atoms with Gasteiger partial charge in [-0.05, 0) is 26.7 Å². The lowest BCUT2D eigenvalue weighted by atomic mass is 9.97. The fraction of sp³-hybridized carbons (Fsp3) is 0.643. The number of hydrogen-bond donors (Lipinski definition) is 2. The number of likely N-dealkylation sites (tertiary alicyclic amines) is 1. The summed E-state index contributed by atoms with van der Waals surface area (Å²) in [6, 6.07) is -0.0387. The fourth-order valence-corrected chi connectivity index (χ4v) is 2.61. The number of piperidine rings is 1. The van der Waals surface area contributed by atoms with Gasteiger partial charge in [0.25, 0.3) is 0 Å². The minimum Gasteiger partial charge on any atom is -0.331 e. The van der Waals surface area contributed by atoms with E-state index in [0.717, 1.165) is 29.9 Å². The maximum Gasteiger partial charge on any atom is 0.319 e. The van der Waals surface area contributed by atoms with Crippen LogP contribution in [0.15, 0.2) is 0 Å². The second-order valence-electron chi connectivity index (χ2n) is 5.76. The topological polar surface area (TPSA) is 81.3 Å². The molecule has 21 heavy (non-hydrogen) atoms. The summed E-state index contributed by atoms with van der Waals surface area (Å²) in [4.78, 5) is 27.7.